The average molecular weight is 419 g/mol. The number of carbonyl (C=O) groups excluding carboxylic acids is 1. The molecule has 0 aliphatic carbocycles. The lowest BCUT2D eigenvalue weighted by atomic mass is 10.2. The van der Waals surface area contributed by atoms with E-state index in [9.17, 15) is 4.79 Å². The van der Waals surface area contributed by atoms with Crippen molar-refractivity contribution in [3.8, 4) is 5.75 Å². The van der Waals surface area contributed by atoms with E-state index in [1.807, 2.05) is 6.07 Å². The van der Waals surface area contributed by atoms with Crippen LogP contribution >= 0.6 is 39.1 Å². The molecule has 0 heterocycles. The first-order chi connectivity index (χ1) is 11.0. The Morgan fingerprint density at radius 2 is 2.04 bits per heavy atom. The lowest BCUT2D eigenvalue weighted by Gasteiger charge is -2.13. The van der Waals surface area contributed by atoms with Crippen LogP contribution in [0.3, 0.4) is 0 Å². The van der Waals surface area contributed by atoms with Crippen LogP contribution in [0.15, 0.2) is 40.9 Å². The zero-order valence-corrected chi connectivity index (χ0v) is 15.3. The minimum Gasteiger partial charge on any atom is -0.490 e. The molecule has 0 radical (unpaired) electrons. The third kappa shape index (κ3) is 4.77. The number of anilines is 1. The Kier molecular flexibility index (Phi) is 6.57. The van der Waals surface area contributed by atoms with Crippen LogP contribution in [0.4, 0.5) is 5.69 Å². The molecule has 2 aromatic rings. The molecule has 1 N–H and O–H groups in total. The zero-order valence-electron chi connectivity index (χ0n) is 12.2. The number of ether oxygens (including phenoxy) is 2. The number of benzene rings is 2. The molecule has 0 aliphatic rings. The van der Waals surface area contributed by atoms with E-state index in [1.165, 1.54) is 7.11 Å². The normalized spacial score (nSPS) is 10.3. The number of halogens is 3. The molecular formula is C16H14BrCl2NO3. The highest BCUT2D eigenvalue weighted by Gasteiger charge is 2.12. The van der Waals surface area contributed by atoms with Crippen LogP contribution in [-0.2, 0) is 4.74 Å². The van der Waals surface area contributed by atoms with Crippen molar-refractivity contribution in [2.24, 2.45) is 0 Å². The molecule has 0 fully saturated rings. The van der Waals surface area contributed by atoms with E-state index >= 15 is 0 Å². The van der Waals surface area contributed by atoms with Crippen molar-refractivity contribution < 1.29 is 14.3 Å². The summed E-state index contributed by atoms with van der Waals surface area (Å²) in [5.41, 5.74) is 1.11. The molecule has 4 nitrogen and oxygen atoms in total. The first kappa shape index (κ1) is 17.9. The standard InChI is InChI=1S/C16H14BrCl2NO3/c1-22-16(21)11-9-10(17)5-6-13(11)20-7-8-23-14-4-2-3-12(18)15(14)19/h2-6,9,20H,7-8H2,1H3. The van der Waals surface area contributed by atoms with Crippen LogP contribution in [0.2, 0.25) is 10.0 Å². The van der Waals surface area contributed by atoms with Gasteiger partial charge in [0.1, 0.15) is 17.4 Å². The van der Waals surface area contributed by atoms with Crippen molar-refractivity contribution in [1.29, 1.82) is 0 Å². The highest BCUT2D eigenvalue weighted by molar-refractivity contribution is 9.10. The predicted molar refractivity (Wildman–Crippen MR) is 95.9 cm³/mol. The van der Waals surface area contributed by atoms with Crippen molar-refractivity contribution in [2.75, 3.05) is 25.6 Å². The molecule has 0 saturated carbocycles. The number of carbonyl (C=O) groups is 1. The largest absolute Gasteiger partial charge is 0.490 e. The molecule has 7 heteroatoms. The van der Waals surface area contributed by atoms with Crippen LogP contribution in [0, 0.1) is 0 Å². The summed E-state index contributed by atoms with van der Waals surface area (Å²) in [5, 5.41) is 3.96. The zero-order chi connectivity index (χ0) is 16.8. The SMILES string of the molecule is COC(=O)c1cc(Br)ccc1NCCOc1cccc(Cl)c1Cl. The third-order valence-corrected chi connectivity index (χ3v) is 4.27. The van der Waals surface area contributed by atoms with Crippen LogP contribution in [-0.4, -0.2) is 26.2 Å². The molecule has 0 amide bonds. The first-order valence-corrected chi connectivity index (χ1v) is 8.26. The van der Waals surface area contributed by atoms with Gasteiger partial charge in [0, 0.05) is 16.7 Å². The number of hydrogen-bond acceptors (Lipinski definition) is 4. The second kappa shape index (κ2) is 8.43. The van der Waals surface area contributed by atoms with E-state index in [4.69, 9.17) is 32.7 Å². The summed E-state index contributed by atoms with van der Waals surface area (Å²) in [6, 6.07) is 10.5. The summed E-state index contributed by atoms with van der Waals surface area (Å²) in [6.07, 6.45) is 0. The van der Waals surface area contributed by atoms with Crippen molar-refractivity contribution in [1.82, 2.24) is 0 Å². The van der Waals surface area contributed by atoms with Crippen molar-refractivity contribution >= 4 is 50.8 Å². The fourth-order valence-corrected chi connectivity index (χ4v) is 2.60. The van der Waals surface area contributed by atoms with Gasteiger partial charge in [0.05, 0.1) is 17.7 Å². The van der Waals surface area contributed by atoms with Crippen LogP contribution in [0.25, 0.3) is 0 Å². The quantitative estimate of drug-likeness (QED) is 0.527. The number of methoxy groups -OCH3 is 1. The maximum absolute atomic E-state index is 11.8. The van der Waals surface area contributed by atoms with Gasteiger partial charge < -0.3 is 14.8 Å². The summed E-state index contributed by atoms with van der Waals surface area (Å²) >= 11 is 15.3. The van der Waals surface area contributed by atoms with Gasteiger partial charge >= 0.3 is 5.97 Å². The summed E-state index contributed by atoms with van der Waals surface area (Å²) in [7, 11) is 1.34. The Bertz CT molecular complexity index is 710. The number of hydrogen-bond donors (Lipinski definition) is 1. The Morgan fingerprint density at radius 3 is 2.78 bits per heavy atom. The van der Waals surface area contributed by atoms with E-state index in [0.717, 1.165) is 4.47 Å². The average Bonchev–Trinajstić information content (AvgIpc) is 2.55. The molecular weight excluding hydrogens is 405 g/mol. The summed E-state index contributed by atoms with van der Waals surface area (Å²) in [5.74, 6) is 0.109. The third-order valence-electron chi connectivity index (χ3n) is 2.98. The fourth-order valence-electron chi connectivity index (χ4n) is 1.89. The molecule has 0 aliphatic heterocycles. The van der Waals surface area contributed by atoms with E-state index in [1.54, 1.807) is 30.3 Å². The van der Waals surface area contributed by atoms with E-state index in [-0.39, 0.29) is 0 Å². The van der Waals surface area contributed by atoms with E-state index < -0.39 is 5.97 Å². The monoisotopic (exact) mass is 417 g/mol. The minimum atomic E-state index is -0.410. The maximum Gasteiger partial charge on any atom is 0.340 e. The molecule has 0 aromatic heterocycles. The maximum atomic E-state index is 11.8. The van der Waals surface area contributed by atoms with Crippen molar-refractivity contribution in [3.05, 3.63) is 56.5 Å². The van der Waals surface area contributed by atoms with Crippen LogP contribution in [0.5, 0.6) is 5.75 Å². The highest BCUT2D eigenvalue weighted by atomic mass is 79.9. The van der Waals surface area contributed by atoms with Gasteiger partial charge in [-0.1, -0.05) is 45.2 Å². The van der Waals surface area contributed by atoms with Gasteiger partial charge in [-0.15, -0.1) is 0 Å². The molecule has 0 atom stereocenters. The molecule has 0 bridgehead atoms. The predicted octanol–water partition coefficient (Wildman–Crippen LogP) is 5.03. The van der Waals surface area contributed by atoms with Gasteiger partial charge in [0.25, 0.3) is 0 Å². The Morgan fingerprint density at radius 1 is 1.26 bits per heavy atom. The molecule has 122 valence electrons. The summed E-state index contributed by atoms with van der Waals surface area (Å²) < 4.78 is 11.2. The Labute approximate surface area is 152 Å². The number of nitrogens with one attached hydrogen (secondary N) is 1. The molecule has 2 rings (SSSR count). The van der Waals surface area contributed by atoms with Gasteiger partial charge in [-0.2, -0.15) is 0 Å². The highest BCUT2D eigenvalue weighted by Crippen LogP contribution is 2.31. The molecule has 0 unspecified atom stereocenters. The van der Waals surface area contributed by atoms with Gasteiger partial charge in [0.15, 0.2) is 0 Å². The minimum absolute atomic E-state index is 0.358. The molecule has 0 saturated heterocycles. The fraction of sp³-hybridized carbons (Fsp3) is 0.188. The lowest BCUT2D eigenvalue weighted by Crippen LogP contribution is -2.14. The topological polar surface area (TPSA) is 47.6 Å². The van der Waals surface area contributed by atoms with E-state index in [0.29, 0.717) is 40.2 Å². The number of esters is 1. The second-order valence-electron chi connectivity index (χ2n) is 4.51. The summed E-state index contributed by atoms with van der Waals surface area (Å²) in [4.78, 5) is 11.8. The molecule has 23 heavy (non-hydrogen) atoms. The van der Waals surface area contributed by atoms with Gasteiger partial charge in [-0.25, -0.2) is 4.79 Å². The van der Waals surface area contributed by atoms with Gasteiger partial charge in [-0.3, -0.25) is 0 Å². The smallest absolute Gasteiger partial charge is 0.340 e. The summed E-state index contributed by atoms with van der Waals surface area (Å²) in [6.45, 7) is 0.838. The Balaban J connectivity index is 1.96. The van der Waals surface area contributed by atoms with Gasteiger partial charge in [-0.05, 0) is 30.3 Å². The van der Waals surface area contributed by atoms with Crippen LogP contribution < -0.4 is 10.1 Å². The van der Waals surface area contributed by atoms with Crippen molar-refractivity contribution in [2.45, 2.75) is 0 Å². The molecule has 2 aromatic carbocycles. The van der Waals surface area contributed by atoms with Crippen molar-refractivity contribution in [3.63, 3.8) is 0 Å². The van der Waals surface area contributed by atoms with E-state index in [2.05, 4.69) is 21.2 Å². The second-order valence-corrected chi connectivity index (χ2v) is 6.21. The lowest BCUT2D eigenvalue weighted by molar-refractivity contribution is 0.0601. The Hall–Kier alpha value is -1.43. The van der Waals surface area contributed by atoms with Gasteiger partial charge in [0.2, 0.25) is 0 Å². The first-order valence-electron chi connectivity index (χ1n) is 6.71. The molecule has 0 spiro atoms. The number of rotatable bonds is 6. The van der Waals surface area contributed by atoms with Crippen LogP contribution in [0.1, 0.15) is 10.4 Å².